The first-order valence-electron chi connectivity index (χ1n) is 4.17. The largest absolute Gasteiger partial charge is 0.299 e. The number of alkyl halides is 1. The minimum absolute atomic E-state index is 0.114. The topological polar surface area (TPSA) is 30.0 Å². The molecule has 1 aromatic heterocycles. The van der Waals surface area contributed by atoms with Crippen molar-refractivity contribution in [3.63, 3.8) is 0 Å². The number of carbonyl (C=O) groups excluding carboxylic acids is 1. The van der Waals surface area contributed by atoms with Crippen LogP contribution in [0.4, 0.5) is 0 Å². The predicted octanol–water partition coefficient (Wildman–Crippen LogP) is 2.54. The third-order valence-corrected chi connectivity index (χ3v) is 3.48. The van der Waals surface area contributed by atoms with E-state index >= 15 is 0 Å². The van der Waals surface area contributed by atoms with E-state index < -0.39 is 0 Å². The first kappa shape index (κ1) is 10.4. The molecule has 0 saturated heterocycles. The van der Waals surface area contributed by atoms with Gasteiger partial charge in [0.15, 0.2) is 0 Å². The molecule has 1 heterocycles. The van der Waals surface area contributed by atoms with Crippen molar-refractivity contribution < 1.29 is 4.79 Å². The highest BCUT2D eigenvalue weighted by Crippen LogP contribution is 2.24. The van der Waals surface area contributed by atoms with Crippen LogP contribution in [0.3, 0.4) is 0 Å². The van der Waals surface area contributed by atoms with Gasteiger partial charge in [-0.1, -0.05) is 28.9 Å². The van der Waals surface area contributed by atoms with Crippen molar-refractivity contribution in [3.05, 3.63) is 30.1 Å². The molecule has 0 aliphatic heterocycles. The Hall–Kier alpha value is -0.700. The zero-order chi connectivity index (χ0) is 9.84. The first-order chi connectivity index (χ1) is 6.13. The molecule has 0 aliphatic rings. The molecule has 2 atom stereocenters. The molecule has 0 spiro atoms. The van der Waals surface area contributed by atoms with Crippen LogP contribution in [0.1, 0.15) is 25.3 Å². The average molecular weight is 242 g/mol. The number of ketones is 1. The molecule has 2 unspecified atom stereocenters. The number of carbonyl (C=O) groups is 1. The molecular formula is C10H12BrNO. The maximum Gasteiger partial charge on any atom is 0.144 e. The Balaban J connectivity index is 2.79. The molecule has 2 nitrogen and oxygen atoms in total. The lowest BCUT2D eigenvalue weighted by Gasteiger charge is -2.15. The maximum atomic E-state index is 11.1. The summed E-state index contributed by atoms with van der Waals surface area (Å²) in [5.41, 5.74) is 1.08. The van der Waals surface area contributed by atoms with Gasteiger partial charge in [0, 0.05) is 18.3 Å². The number of aromatic nitrogens is 1. The standard InChI is InChI=1S/C10H12BrNO/c1-7(10(11)8(2)13)9-4-3-5-12-6-9/h3-7,10H,1-2H3. The second-order valence-corrected chi connectivity index (χ2v) is 4.07. The second-order valence-electron chi connectivity index (χ2n) is 3.09. The number of pyridine rings is 1. The van der Waals surface area contributed by atoms with Crippen LogP contribution >= 0.6 is 15.9 Å². The van der Waals surface area contributed by atoms with Gasteiger partial charge in [-0.2, -0.15) is 0 Å². The molecule has 0 fully saturated rings. The minimum atomic E-state index is -0.114. The molecule has 1 aromatic rings. The smallest absolute Gasteiger partial charge is 0.144 e. The number of Topliss-reactive ketones (excluding diaryl/α,β-unsaturated/α-hetero) is 1. The van der Waals surface area contributed by atoms with E-state index in [0.717, 1.165) is 5.56 Å². The zero-order valence-corrected chi connectivity index (χ0v) is 9.28. The minimum Gasteiger partial charge on any atom is -0.299 e. The van der Waals surface area contributed by atoms with E-state index in [2.05, 4.69) is 20.9 Å². The van der Waals surface area contributed by atoms with Gasteiger partial charge in [0.25, 0.3) is 0 Å². The summed E-state index contributed by atoms with van der Waals surface area (Å²) in [6.45, 7) is 3.60. The van der Waals surface area contributed by atoms with Gasteiger partial charge >= 0.3 is 0 Å². The van der Waals surface area contributed by atoms with Gasteiger partial charge < -0.3 is 0 Å². The van der Waals surface area contributed by atoms with E-state index in [1.165, 1.54) is 0 Å². The van der Waals surface area contributed by atoms with Crippen LogP contribution in [0, 0.1) is 0 Å². The molecule has 13 heavy (non-hydrogen) atoms. The molecule has 0 saturated carbocycles. The fourth-order valence-corrected chi connectivity index (χ4v) is 1.47. The molecule has 0 aliphatic carbocycles. The second kappa shape index (κ2) is 4.51. The fraction of sp³-hybridized carbons (Fsp3) is 0.400. The van der Waals surface area contributed by atoms with Crippen LogP contribution in [0.25, 0.3) is 0 Å². The number of halogens is 1. The summed E-state index contributed by atoms with van der Waals surface area (Å²) in [7, 11) is 0. The van der Waals surface area contributed by atoms with Crippen molar-refractivity contribution in [2.75, 3.05) is 0 Å². The molecule has 0 amide bonds. The first-order valence-corrected chi connectivity index (χ1v) is 5.09. The summed E-state index contributed by atoms with van der Waals surface area (Å²) in [5, 5.41) is 0. The Morgan fingerprint density at radius 2 is 2.31 bits per heavy atom. The SMILES string of the molecule is CC(=O)C(Br)C(C)c1cccnc1. The number of hydrogen-bond donors (Lipinski definition) is 0. The third kappa shape index (κ3) is 2.62. The summed E-state index contributed by atoms with van der Waals surface area (Å²) < 4.78 is 0. The molecule has 0 N–H and O–H groups in total. The molecule has 70 valence electrons. The van der Waals surface area contributed by atoms with Crippen LogP contribution in [0.15, 0.2) is 24.5 Å². The molecule has 3 heteroatoms. The summed E-state index contributed by atoms with van der Waals surface area (Å²) in [5.74, 6) is 0.322. The van der Waals surface area contributed by atoms with Gasteiger partial charge in [0.1, 0.15) is 5.78 Å². The van der Waals surface area contributed by atoms with Crippen molar-refractivity contribution in [2.24, 2.45) is 0 Å². The van der Waals surface area contributed by atoms with Gasteiger partial charge in [0.2, 0.25) is 0 Å². The summed E-state index contributed by atoms with van der Waals surface area (Å²) in [6.07, 6.45) is 3.52. The maximum absolute atomic E-state index is 11.1. The fourth-order valence-electron chi connectivity index (χ4n) is 1.17. The number of rotatable bonds is 3. The Morgan fingerprint density at radius 3 is 2.77 bits per heavy atom. The lowest BCUT2D eigenvalue weighted by Crippen LogP contribution is -2.17. The van der Waals surface area contributed by atoms with Crippen molar-refractivity contribution >= 4 is 21.7 Å². The van der Waals surface area contributed by atoms with E-state index in [-0.39, 0.29) is 16.5 Å². The predicted molar refractivity (Wildman–Crippen MR) is 56.0 cm³/mol. The van der Waals surface area contributed by atoms with Gasteiger partial charge in [0.05, 0.1) is 4.83 Å². The number of hydrogen-bond acceptors (Lipinski definition) is 2. The van der Waals surface area contributed by atoms with Crippen molar-refractivity contribution in [1.82, 2.24) is 4.98 Å². The molecule has 0 aromatic carbocycles. The van der Waals surface area contributed by atoms with E-state index in [4.69, 9.17) is 0 Å². The van der Waals surface area contributed by atoms with Crippen LogP contribution in [-0.4, -0.2) is 15.6 Å². The van der Waals surface area contributed by atoms with Crippen molar-refractivity contribution in [2.45, 2.75) is 24.6 Å². The summed E-state index contributed by atoms with van der Waals surface area (Å²) in [4.78, 5) is 15.0. The number of nitrogens with zero attached hydrogens (tertiary/aromatic N) is 1. The Labute approximate surface area is 86.5 Å². The molecular weight excluding hydrogens is 230 g/mol. The summed E-state index contributed by atoms with van der Waals surface area (Å²) in [6, 6.07) is 3.86. The lowest BCUT2D eigenvalue weighted by molar-refractivity contribution is -0.116. The molecule has 1 rings (SSSR count). The van der Waals surface area contributed by atoms with Crippen LogP contribution in [0.2, 0.25) is 0 Å². The van der Waals surface area contributed by atoms with Crippen LogP contribution < -0.4 is 0 Å². The monoisotopic (exact) mass is 241 g/mol. The van der Waals surface area contributed by atoms with Gasteiger partial charge in [-0.3, -0.25) is 9.78 Å². The van der Waals surface area contributed by atoms with Gasteiger partial charge in [-0.25, -0.2) is 0 Å². The Kier molecular flexibility index (Phi) is 3.60. The summed E-state index contributed by atoms with van der Waals surface area (Å²) >= 11 is 3.37. The zero-order valence-electron chi connectivity index (χ0n) is 7.70. The van der Waals surface area contributed by atoms with Crippen molar-refractivity contribution in [3.8, 4) is 0 Å². The highest BCUT2D eigenvalue weighted by molar-refractivity contribution is 9.10. The van der Waals surface area contributed by atoms with Gasteiger partial charge in [-0.05, 0) is 18.6 Å². The Morgan fingerprint density at radius 1 is 1.62 bits per heavy atom. The normalized spacial score (nSPS) is 15.0. The van der Waals surface area contributed by atoms with Crippen molar-refractivity contribution in [1.29, 1.82) is 0 Å². The third-order valence-electron chi connectivity index (χ3n) is 2.04. The molecule has 0 bridgehead atoms. The highest BCUT2D eigenvalue weighted by Gasteiger charge is 2.19. The van der Waals surface area contributed by atoms with E-state index in [0.29, 0.717) is 0 Å². The van der Waals surface area contributed by atoms with E-state index in [1.54, 1.807) is 19.3 Å². The van der Waals surface area contributed by atoms with Crippen LogP contribution in [-0.2, 0) is 4.79 Å². The lowest BCUT2D eigenvalue weighted by atomic mass is 9.98. The highest BCUT2D eigenvalue weighted by atomic mass is 79.9. The van der Waals surface area contributed by atoms with E-state index in [1.807, 2.05) is 19.1 Å². The van der Waals surface area contributed by atoms with Crippen LogP contribution in [0.5, 0.6) is 0 Å². The average Bonchev–Trinajstić information content (AvgIpc) is 2.17. The molecule has 0 radical (unpaired) electrons. The van der Waals surface area contributed by atoms with E-state index in [9.17, 15) is 4.79 Å². The quantitative estimate of drug-likeness (QED) is 0.762. The van der Waals surface area contributed by atoms with Gasteiger partial charge in [-0.15, -0.1) is 0 Å². The Bertz CT molecular complexity index is 286.